The molecule has 2 aromatic rings. The summed E-state index contributed by atoms with van der Waals surface area (Å²) in [6.07, 6.45) is 0. The molecule has 1 heterocycles. The van der Waals surface area contributed by atoms with E-state index in [0.717, 1.165) is 5.56 Å². The molecule has 1 atom stereocenters. The van der Waals surface area contributed by atoms with Gasteiger partial charge in [0, 0.05) is 16.3 Å². The van der Waals surface area contributed by atoms with Gasteiger partial charge >= 0.3 is 12.0 Å². The van der Waals surface area contributed by atoms with E-state index in [0.29, 0.717) is 33.4 Å². The van der Waals surface area contributed by atoms with Gasteiger partial charge in [-0.05, 0) is 29.7 Å². The second-order valence-electron chi connectivity index (χ2n) is 7.30. The second kappa shape index (κ2) is 9.75. The van der Waals surface area contributed by atoms with Crippen molar-refractivity contribution in [2.75, 3.05) is 14.2 Å². The van der Waals surface area contributed by atoms with Gasteiger partial charge in [0.1, 0.15) is 6.61 Å². The van der Waals surface area contributed by atoms with E-state index in [1.165, 1.54) is 7.11 Å². The predicted molar refractivity (Wildman–Crippen MR) is 117 cm³/mol. The number of amides is 2. The van der Waals surface area contributed by atoms with Crippen molar-refractivity contribution in [3.05, 3.63) is 69.9 Å². The molecule has 0 saturated carbocycles. The van der Waals surface area contributed by atoms with Gasteiger partial charge in [0.2, 0.25) is 0 Å². The number of allylic oxidation sites excluding steroid dienone is 1. The van der Waals surface area contributed by atoms with E-state index >= 15 is 0 Å². The molecule has 31 heavy (non-hydrogen) atoms. The van der Waals surface area contributed by atoms with Crippen LogP contribution in [0.3, 0.4) is 0 Å². The Labute approximate surface area is 186 Å². The highest BCUT2D eigenvalue weighted by Crippen LogP contribution is 2.36. The van der Waals surface area contributed by atoms with E-state index < -0.39 is 18.0 Å². The fourth-order valence-corrected chi connectivity index (χ4v) is 3.57. The highest BCUT2D eigenvalue weighted by molar-refractivity contribution is 6.31. The highest BCUT2D eigenvalue weighted by Gasteiger charge is 2.34. The monoisotopic (exact) mass is 444 g/mol. The van der Waals surface area contributed by atoms with Crippen molar-refractivity contribution in [3.63, 3.8) is 0 Å². The Bertz CT molecular complexity index is 1020. The third-order valence-electron chi connectivity index (χ3n) is 4.95. The fraction of sp³-hybridized carbons (Fsp3) is 0.304. The highest BCUT2D eigenvalue weighted by atomic mass is 35.5. The van der Waals surface area contributed by atoms with Gasteiger partial charge in [-0.3, -0.25) is 0 Å². The zero-order valence-electron chi connectivity index (χ0n) is 17.8. The van der Waals surface area contributed by atoms with Crippen LogP contribution in [-0.4, -0.2) is 26.2 Å². The van der Waals surface area contributed by atoms with Gasteiger partial charge in [0.05, 0.1) is 25.8 Å². The Morgan fingerprint density at radius 2 is 1.87 bits per heavy atom. The van der Waals surface area contributed by atoms with Gasteiger partial charge in [0.25, 0.3) is 0 Å². The number of esters is 1. The minimum absolute atomic E-state index is 0.0863. The van der Waals surface area contributed by atoms with Crippen molar-refractivity contribution in [1.29, 1.82) is 0 Å². The summed E-state index contributed by atoms with van der Waals surface area (Å²) >= 11 is 6.23. The Kier molecular flexibility index (Phi) is 7.07. The van der Waals surface area contributed by atoms with Gasteiger partial charge < -0.3 is 24.8 Å². The molecule has 3 rings (SSSR count). The third kappa shape index (κ3) is 4.94. The fourth-order valence-electron chi connectivity index (χ4n) is 3.38. The molecular formula is C23H25ClN2O5. The molecule has 8 heteroatoms. The van der Waals surface area contributed by atoms with Crippen LogP contribution in [0.15, 0.2) is 53.7 Å². The second-order valence-corrected chi connectivity index (χ2v) is 7.70. The van der Waals surface area contributed by atoms with Crippen LogP contribution in [0.5, 0.6) is 11.5 Å². The van der Waals surface area contributed by atoms with E-state index in [4.69, 9.17) is 25.8 Å². The first-order valence-electron chi connectivity index (χ1n) is 9.79. The maximum atomic E-state index is 12.6. The van der Waals surface area contributed by atoms with E-state index in [1.807, 2.05) is 32.0 Å². The number of ether oxygens (including phenoxy) is 3. The minimum Gasteiger partial charge on any atom is -0.493 e. The van der Waals surface area contributed by atoms with Crippen molar-refractivity contribution in [3.8, 4) is 11.5 Å². The molecule has 1 aliphatic rings. The quantitative estimate of drug-likeness (QED) is 0.619. The SMILES string of the molecule is COC(=O)C1=C(C(C)C)NC(=O)NC1c1ccc(OC)c(OCc2ccccc2Cl)c1. The Hall–Kier alpha value is -3.19. The van der Waals surface area contributed by atoms with Crippen molar-refractivity contribution < 1.29 is 23.8 Å². The van der Waals surface area contributed by atoms with Crippen LogP contribution in [0.1, 0.15) is 31.0 Å². The van der Waals surface area contributed by atoms with E-state index in [9.17, 15) is 9.59 Å². The smallest absolute Gasteiger partial charge is 0.337 e. The maximum absolute atomic E-state index is 12.6. The van der Waals surface area contributed by atoms with Crippen LogP contribution < -0.4 is 20.1 Å². The van der Waals surface area contributed by atoms with Crippen molar-refractivity contribution in [2.45, 2.75) is 26.5 Å². The minimum atomic E-state index is -0.702. The molecule has 0 aliphatic carbocycles. The molecule has 0 bridgehead atoms. The van der Waals surface area contributed by atoms with Gasteiger partial charge in [-0.1, -0.05) is 49.7 Å². The lowest BCUT2D eigenvalue weighted by atomic mass is 9.91. The van der Waals surface area contributed by atoms with Crippen molar-refractivity contribution in [1.82, 2.24) is 10.6 Å². The van der Waals surface area contributed by atoms with Crippen molar-refractivity contribution in [2.24, 2.45) is 5.92 Å². The largest absolute Gasteiger partial charge is 0.493 e. The Morgan fingerprint density at radius 1 is 1.13 bits per heavy atom. The molecule has 0 saturated heterocycles. The van der Waals surface area contributed by atoms with Crippen LogP contribution >= 0.6 is 11.6 Å². The van der Waals surface area contributed by atoms with Gasteiger partial charge in [-0.25, -0.2) is 9.59 Å². The van der Waals surface area contributed by atoms with Gasteiger partial charge in [0.15, 0.2) is 11.5 Å². The summed E-state index contributed by atoms with van der Waals surface area (Å²) < 4.78 is 16.4. The normalized spacial score (nSPS) is 15.9. The van der Waals surface area contributed by atoms with E-state index in [1.54, 1.807) is 31.4 Å². The van der Waals surface area contributed by atoms with Crippen LogP contribution in [-0.2, 0) is 16.1 Å². The maximum Gasteiger partial charge on any atom is 0.337 e. The third-order valence-corrected chi connectivity index (χ3v) is 5.32. The molecule has 2 aromatic carbocycles. The standard InChI is InChI=1S/C23H25ClN2O5/c1-13(2)20-19(22(27)30-4)21(26-23(28)25-20)14-9-10-17(29-3)18(11-14)31-12-15-7-5-6-8-16(15)24/h5-11,13,21H,12H2,1-4H3,(H2,25,26,28). The molecule has 0 spiro atoms. The lowest BCUT2D eigenvalue weighted by molar-refractivity contribution is -0.136. The molecule has 164 valence electrons. The van der Waals surface area contributed by atoms with Gasteiger partial charge in [-0.15, -0.1) is 0 Å². The number of nitrogens with one attached hydrogen (secondary N) is 2. The van der Waals surface area contributed by atoms with E-state index in [2.05, 4.69) is 10.6 Å². The summed E-state index contributed by atoms with van der Waals surface area (Å²) in [5.74, 6) is 0.374. The van der Waals surface area contributed by atoms with Crippen LogP contribution in [0.2, 0.25) is 5.02 Å². The number of rotatable bonds is 7. The molecule has 0 aromatic heterocycles. The van der Waals surface area contributed by atoms with Crippen molar-refractivity contribution >= 4 is 23.6 Å². The summed E-state index contributed by atoms with van der Waals surface area (Å²) in [5.41, 5.74) is 2.35. The molecule has 0 radical (unpaired) electrons. The lowest BCUT2D eigenvalue weighted by Crippen LogP contribution is -2.47. The zero-order valence-corrected chi connectivity index (χ0v) is 18.6. The number of halogens is 1. The summed E-state index contributed by atoms with van der Waals surface area (Å²) in [6, 6.07) is 11.5. The number of hydrogen-bond donors (Lipinski definition) is 2. The van der Waals surface area contributed by atoms with Crippen LogP contribution in [0.4, 0.5) is 4.79 Å². The average Bonchev–Trinajstić information content (AvgIpc) is 2.77. The molecule has 1 unspecified atom stereocenters. The average molecular weight is 445 g/mol. The summed E-state index contributed by atoms with van der Waals surface area (Å²) in [5, 5.41) is 6.13. The number of urea groups is 1. The summed E-state index contributed by atoms with van der Waals surface area (Å²) in [4.78, 5) is 24.9. The Balaban J connectivity index is 2.00. The zero-order chi connectivity index (χ0) is 22.5. The first-order chi connectivity index (χ1) is 14.8. The number of hydrogen-bond acceptors (Lipinski definition) is 5. The van der Waals surface area contributed by atoms with Gasteiger partial charge in [-0.2, -0.15) is 0 Å². The van der Waals surface area contributed by atoms with Crippen LogP contribution in [0, 0.1) is 5.92 Å². The number of benzene rings is 2. The predicted octanol–water partition coefficient (Wildman–Crippen LogP) is 4.36. The molecule has 2 N–H and O–H groups in total. The molecule has 0 fully saturated rings. The molecular weight excluding hydrogens is 420 g/mol. The van der Waals surface area contributed by atoms with Crippen LogP contribution in [0.25, 0.3) is 0 Å². The summed E-state index contributed by atoms with van der Waals surface area (Å²) in [6.45, 7) is 4.02. The molecule has 1 aliphatic heterocycles. The van der Waals surface area contributed by atoms with E-state index in [-0.39, 0.29) is 12.5 Å². The molecule has 7 nitrogen and oxygen atoms in total. The summed E-state index contributed by atoms with van der Waals surface area (Å²) in [7, 11) is 2.85. The first-order valence-corrected chi connectivity index (χ1v) is 10.2. The number of methoxy groups -OCH3 is 2. The first kappa shape index (κ1) is 22.5. The molecule has 2 amide bonds. The number of carbonyl (C=O) groups excluding carboxylic acids is 2. The number of carbonyl (C=O) groups is 2. The lowest BCUT2D eigenvalue weighted by Gasteiger charge is -2.31. The topological polar surface area (TPSA) is 85.9 Å². The Morgan fingerprint density at radius 3 is 2.52 bits per heavy atom.